The van der Waals surface area contributed by atoms with Gasteiger partial charge in [0.1, 0.15) is 12.3 Å². The fourth-order valence-electron chi connectivity index (χ4n) is 2.50. The number of methoxy groups -OCH3 is 1. The van der Waals surface area contributed by atoms with Crippen LogP contribution in [0, 0.1) is 11.3 Å². The monoisotopic (exact) mass is 351 g/mol. The quantitative estimate of drug-likeness (QED) is 0.830. The van der Waals surface area contributed by atoms with E-state index in [1.807, 2.05) is 30.3 Å². The minimum atomic E-state index is -0.261. The van der Waals surface area contributed by atoms with Gasteiger partial charge in [-0.15, -0.1) is 0 Å². The number of amides is 2. The molecular weight excluding hydrogens is 330 g/mol. The minimum absolute atomic E-state index is 0.0949. The zero-order chi connectivity index (χ0) is 18.9. The highest BCUT2D eigenvalue weighted by Gasteiger charge is 2.16. The molecule has 2 aromatic carbocycles. The predicted octanol–water partition coefficient (Wildman–Crippen LogP) is 2.28. The number of rotatable bonds is 7. The predicted molar refractivity (Wildman–Crippen MR) is 98.9 cm³/mol. The van der Waals surface area contributed by atoms with E-state index in [1.165, 1.54) is 11.8 Å². The molecule has 134 valence electrons. The Morgan fingerprint density at radius 2 is 1.96 bits per heavy atom. The van der Waals surface area contributed by atoms with Gasteiger partial charge in [-0.2, -0.15) is 5.26 Å². The Labute approximate surface area is 153 Å². The molecule has 0 aromatic heterocycles. The Morgan fingerprint density at radius 1 is 1.19 bits per heavy atom. The first-order valence-corrected chi connectivity index (χ1v) is 8.21. The average molecular weight is 351 g/mol. The molecule has 1 N–H and O–H groups in total. The summed E-state index contributed by atoms with van der Waals surface area (Å²) in [6.07, 6.45) is 0.660. The molecule has 6 nitrogen and oxygen atoms in total. The van der Waals surface area contributed by atoms with Crippen LogP contribution >= 0.6 is 0 Å². The van der Waals surface area contributed by atoms with Gasteiger partial charge in [0, 0.05) is 19.2 Å². The maximum atomic E-state index is 12.2. The van der Waals surface area contributed by atoms with Crippen LogP contribution in [-0.4, -0.2) is 32.0 Å². The summed E-state index contributed by atoms with van der Waals surface area (Å²) in [5.74, 6) is 0.252. The van der Waals surface area contributed by atoms with Crippen molar-refractivity contribution in [2.45, 2.75) is 13.3 Å². The highest BCUT2D eigenvalue weighted by atomic mass is 16.5. The molecule has 0 aliphatic carbocycles. The van der Waals surface area contributed by atoms with Gasteiger partial charge in [-0.25, -0.2) is 0 Å². The molecule has 0 unspecified atom stereocenters. The lowest BCUT2D eigenvalue weighted by Gasteiger charge is -2.21. The molecule has 0 aliphatic heterocycles. The first-order valence-electron chi connectivity index (χ1n) is 8.21. The molecule has 0 atom stereocenters. The molecular formula is C20H21N3O3. The Morgan fingerprint density at radius 3 is 2.65 bits per heavy atom. The summed E-state index contributed by atoms with van der Waals surface area (Å²) in [4.78, 5) is 25.4. The van der Waals surface area contributed by atoms with Crippen molar-refractivity contribution in [3.63, 3.8) is 0 Å². The van der Waals surface area contributed by atoms with Crippen molar-refractivity contribution >= 4 is 17.5 Å². The van der Waals surface area contributed by atoms with E-state index in [0.717, 1.165) is 11.3 Å². The van der Waals surface area contributed by atoms with Gasteiger partial charge in [0.2, 0.25) is 11.8 Å². The van der Waals surface area contributed by atoms with Crippen LogP contribution in [-0.2, 0) is 16.0 Å². The fourth-order valence-corrected chi connectivity index (χ4v) is 2.50. The molecule has 2 rings (SSSR count). The number of nitrogens with zero attached hydrogens (tertiary/aromatic N) is 2. The van der Waals surface area contributed by atoms with Crippen LogP contribution < -0.4 is 15.0 Å². The van der Waals surface area contributed by atoms with Crippen molar-refractivity contribution < 1.29 is 14.3 Å². The molecule has 0 fully saturated rings. The van der Waals surface area contributed by atoms with Crippen molar-refractivity contribution in [1.29, 1.82) is 5.26 Å². The smallest absolute Gasteiger partial charge is 0.240 e. The van der Waals surface area contributed by atoms with Gasteiger partial charge in [-0.1, -0.05) is 18.2 Å². The summed E-state index contributed by atoms with van der Waals surface area (Å²) >= 11 is 0. The number of ether oxygens (including phenoxy) is 1. The van der Waals surface area contributed by atoms with Gasteiger partial charge < -0.3 is 15.0 Å². The second-order valence-electron chi connectivity index (χ2n) is 5.72. The minimum Gasteiger partial charge on any atom is -0.497 e. The molecule has 0 radical (unpaired) electrons. The SMILES string of the molecule is COc1cccc(CCNC(=O)CN(C(C)=O)c2cccc(C#N)c2)c1. The van der Waals surface area contributed by atoms with E-state index in [0.29, 0.717) is 24.2 Å². The van der Waals surface area contributed by atoms with Crippen LogP contribution in [0.5, 0.6) is 5.75 Å². The average Bonchev–Trinajstić information content (AvgIpc) is 2.66. The van der Waals surface area contributed by atoms with E-state index in [9.17, 15) is 9.59 Å². The number of anilines is 1. The lowest BCUT2D eigenvalue weighted by atomic mass is 10.1. The lowest BCUT2D eigenvalue weighted by Crippen LogP contribution is -2.40. The zero-order valence-electron chi connectivity index (χ0n) is 14.9. The summed E-state index contributed by atoms with van der Waals surface area (Å²) < 4.78 is 5.17. The maximum absolute atomic E-state index is 12.2. The van der Waals surface area contributed by atoms with Gasteiger partial charge in [0.15, 0.2) is 0 Å². The third-order valence-electron chi connectivity index (χ3n) is 3.84. The molecule has 6 heteroatoms. The summed E-state index contributed by atoms with van der Waals surface area (Å²) in [7, 11) is 1.61. The summed E-state index contributed by atoms with van der Waals surface area (Å²) in [6.45, 7) is 1.75. The molecule has 0 bridgehead atoms. The van der Waals surface area contributed by atoms with Crippen molar-refractivity contribution in [2.24, 2.45) is 0 Å². The number of benzene rings is 2. The summed E-state index contributed by atoms with van der Waals surface area (Å²) in [6, 6.07) is 16.3. The number of hydrogen-bond acceptors (Lipinski definition) is 4. The van der Waals surface area contributed by atoms with Crippen molar-refractivity contribution in [3.8, 4) is 11.8 Å². The molecule has 0 heterocycles. The normalized spacial score (nSPS) is 9.88. The Kier molecular flexibility index (Phi) is 6.75. The molecule has 26 heavy (non-hydrogen) atoms. The summed E-state index contributed by atoms with van der Waals surface area (Å²) in [5, 5.41) is 11.8. The molecule has 0 aliphatic rings. The molecule has 0 saturated carbocycles. The van der Waals surface area contributed by atoms with E-state index in [1.54, 1.807) is 31.4 Å². The second kappa shape index (κ2) is 9.23. The van der Waals surface area contributed by atoms with E-state index in [4.69, 9.17) is 10.00 Å². The fraction of sp³-hybridized carbons (Fsp3) is 0.250. The van der Waals surface area contributed by atoms with E-state index < -0.39 is 0 Å². The molecule has 0 saturated heterocycles. The second-order valence-corrected chi connectivity index (χ2v) is 5.72. The third-order valence-corrected chi connectivity index (χ3v) is 3.84. The van der Waals surface area contributed by atoms with Crippen LogP contribution in [0.2, 0.25) is 0 Å². The standard InChI is InChI=1S/C20H21N3O3/c1-15(24)23(18-7-3-6-17(11-18)13-21)14-20(25)22-10-9-16-5-4-8-19(12-16)26-2/h3-8,11-12H,9-10,14H2,1-2H3,(H,22,25). The van der Waals surface area contributed by atoms with Gasteiger partial charge in [0.05, 0.1) is 18.7 Å². The number of nitrogens with one attached hydrogen (secondary N) is 1. The largest absolute Gasteiger partial charge is 0.497 e. The van der Waals surface area contributed by atoms with Gasteiger partial charge in [0.25, 0.3) is 0 Å². The lowest BCUT2D eigenvalue weighted by molar-refractivity contribution is -0.123. The Hall–Kier alpha value is -3.33. The maximum Gasteiger partial charge on any atom is 0.240 e. The highest BCUT2D eigenvalue weighted by Crippen LogP contribution is 2.16. The highest BCUT2D eigenvalue weighted by molar-refractivity contribution is 5.97. The van der Waals surface area contributed by atoms with Gasteiger partial charge >= 0.3 is 0 Å². The van der Waals surface area contributed by atoms with Gasteiger partial charge in [-0.05, 0) is 42.3 Å². The van der Waals surface area contributed by atoms with Gasteiger partial charge in [-0.3, -0.25) is 9.59 Å². The van der Waals surface area contributed by atoms with Crippen LogP contribution in [0.1, 0.15) is 18.1 Å². The Balaban J connectivity index is 1.93. The van der Waals surface area contributed by atoms with Crippen molar-refractivity contribution in [1.82, 2.24) is 5.32 Å². The van der Waals surface area contributed by atoms with Crippen LogP contribution in [0.4, 0.5) is 5.69 Å². The number of nitriles is 1. The summed E-state index contributed by atoms with van der Waals surface area (Å²) in [5.41, 5.74) is 2.02. The molecule has 2 aromatic rings. The van der Waals surface area contributed by atoms with Crippen LogP contribution in [0.25, 0.3) is 0 Å². The molecule has 0 spiro atoms. The van der Waals surface area contributed by atoms with E-state index in [-0.39, 0.29) is 18.4 Å². The number of carbonyl (C=O) groups excluding carboxylic acids is 2. The zero-order valence-corrected chi connectivity index (χ0v) is 14.9. The first kappa shape index (κ1) is 19.0. The topological polar surface area (TPSA) is 82.4 Å². The van der Waals surface area contributed by atoms with Crippen LogP contribution in [0.3, 0.4) is 0 Å². The first-order chi connectivity index (χ1) is 12.5. The van der Waals surface area contributed by atoms with Crippen molar-refractivity contribution in [2.75, 3.05) is 25.1 Å². The molecule has 2 amide bonds. The van der Waals surface area contributed by atoms with Crippen molar-refractivity contribution in [3.05, 3.63) is 59.7 Å². The van der Waals surface area contributed by atoms with Crippen LogP contribution in [0.15, 0.2) is 48.5 Å². The third kappa shape index (κ3) is 5.35. The number of hydrogen-bond donors (Lipinski definition) is 1. The Bertz CT molecular complexity index is 827. The van der Waals surface area contributed by atoms with E-state index >= 15 is 0 Å². The number of carbonyl (C=O) groups is 2. The van der Waals surface area contributed by atoms with E-state index in [2.05, 4.69) is 5.32 Å².